The van der Waals surface area contributed by atoms with E-state index in [4.69, 9.17) is 21.1 Å². The van der Waals surface area contributed by atoms with Crippen molar-refractivity contribution >= 4 is 40.5 Å². The van der Waals surface area contributed by atoms with Crippen molar-refractivity contribution in [1.29, 1.82) is 0 Å². The smallest absolute Gasteiger partial charge is 0.226 e. The summed E-state index contributed by atoms with van der Waals surface area (Å²) in [6.45, 7) is 1.84. The highest BCUT2D eigenvalue weighted by Crippen LogP contribution is 2.35. The summed E-state index contributed by atoms with van der Waals surface area (Å²) >= 11 is 6.07. The Bertz CT molecular complexity index is 809. The third-order valence-corrected chi connectivity index (χ3v) is 3.93. The summed E-state index contributed by atoms with van der Waals surface area (Å²) in [4.78, 5) is 23.1. The fourth-order valence-electron chi connectivity index (χ4n) is 2.37. The number of ether oxygens (including phenoxy) is 2. The number of rotatable bonds is 8. The zero-order chi connectivity index (χ0) is 19.8. The molecule has 0 aliphatic rings. The molecule has 2 rings (SSSR count). The Morgan fingerprint density at radius 3 is 2.11 bits per heavy atom. The van der Waals surface area contributed by atoms with E-state index in [1.807, 2.05) is 0 Å². The molecule has 0 aliphatic carbocycles. The fraction of sp³-hybridized carbons (Fsp3) is 0.263. The molecular formula is C19H22ClN3O4. The number of carbonyl (C=O) groups is 2. The third-order valence-electron chi connectivity index (χ3n) is 3.63. The van der Waals surface area contributed by atoms with Crippen LogP contribution in [0.15, 0.2) is 36.4 Å². The number of hydrogen-bond donors (Lipinski definition) is 3. The quantitative estimate of drug-likeness (QED) is 0.637. The number of carbonyl (C=O) groups excluding carboxylic acids is 2. The van der Waals surface area contributed by atoms with E-state index in [9.17, 15) is 9.59 Å². The lowest BCUT2D eigenvalue weighted by molar-refractivity contribution is -0.116. The highest BCUT2D eigenvalue weighted by molar-refractivity contribution is 6.32. The van der Waals surface area contributed by atoms with Crippen LogP contribution in [0.3, 0.4) is 0 Å². The lowest BCUT2D eigenvalue weighted by Gasteiger charge is -2.14. The molecule has 7 nitrogen and oxygen atoms in total. The van der Waals surface area contributed by atoms with Gasteiger partial charge in [0.2, 0.25) is 11.8 Å². The predicted molar refractivity (Wildman–Crippen MR) is 107 cm³/mol. The van der Waals surface area contributed by atoms with Gasteiger partial charge in [-0.15, -0.1) is 0 Å². The topological polar surface area (TPSA) is 88.7 Å². The number of amides is 2. The molecule has 3 N–H and O–H groups in total. The summed E-state index contributed by atoms with van der Waals surface area (Å²) in [5, 5.41) is 9.06. The van der Waals surface area contributed by atoms with Crippen LogP contribution in [0.2, 0.25) is 5.02 Å². The average Bonchev–Trinajstić information content (AvgIpc) is 2.63. The molecule has 0 saturated carbocycles. The van der Waals surface area contributed by atoms with Crippen LogP contribution in [0.4, 0.5) is 17.1 Å². The second-order valence-corrected chi connectivity index (χ2v) is 6.08. The van der Waals surface area contributed by atoms with Crippen molar-refractivity contribution in [2.75, 3.05) is 36.7 Å². The van der Waals surface area contributed by atoms with Crippen molar-refractivity contribution in [1.82, 2.24) is 0 Å². The first-order chi connectivity index (χ1) is 12.9. The van der Waals surface area contributed by atoms with E-state index < -0.39 is 0 Å². The van der Waals surface area contributed by atoms with Crippen LogP contribution in [0.1, 0.15) is 13.3 Å². The van der Waals surface area contributed by atoms with Gasteiger partial charge in [0.1, 0.15) is 11.5 Å². The van der Waals surface area contributed by atoms with Crippen molar-refractivity contribution in [3.63, 3.8) is 0 Å². The lowest BCUT2D eigenvalue weighted by Crippen LogP contribution is -2.16. The molecule has 0 heterocycles. The predicted octanol–water partition coefficient (Wildman–Crippen LogP) is 3.76. The van der Waals surface area contributed by atoms with Crippen LogP contribution in [-0.2, 0) is 9.59 Å². The molecule has 0 saturated heterocycles. The van der Waals surface area contributed by atoms with E-state index in [-0.39, 0.29) is 18.2 Å². The number of halogens is 1. The minimum Gasteiger partial charge on any atom is -0.495 e. The van der Waals surface area contributed by atoms with Gasteiger partial charge in [-0.1, -0.05) is 11.6 Å². The second-order valence-electron chi connectivity index (χ2n) is 5.67. The van der Waals surface area contributed by atoms with Gasteiger partial charge in [0.25, 0.3) is 0 Å². The molecule has 2 aromatic rings. The van der Waals surface area contributed by atoms with Gasteiger partial charge in [-0.3, -0.25) is 9.59 Å². The Labute approximate surface area is 163 Å². The molecule has 2 aromatic carbocycles. The molecule has 0 aromatic heterocycles. The van der Waals surface area contributed by atoms with Crippen LogP contribution in [0.5, 0.6) is 11.5 Å². The molecule has 2 amide bonds. The van der Waals surface area contributed by atoms with Gasteiger partial charge >= 0.3 is 0 Å². The first kappa shape index (κ1) is 20.4. The summed E-state index contributed by atoms with van der Waals surface area (Å²) in [7, 11) is 3.07. The molecular weight excluding hydrogens is 370 g/mol. The summed E-state index contributed by atoms with van der Waals surface area (Å²) in [6.07, 6.45) is 0.252. The fourth-order valence-corrected chi connectivity index (χ4v) is 2.60. The molecule has 0 fully saturated rings. The van der Waals surface area contributed by atoms with Crippen molar-refractivity contribution in [2.45, 2.75) is 13.3 Å². The molecule has 0 spiro atoms. The standard InChI is InChI=1S/C19H22ClN3O4/c1-12(24)22-13-4-6-14(7-5-13)23-19(25)8-9-21-16-11-17(26-2)15(20)10-18(16)27-3/h4-7,10-11,21H,8-9H2,1-3H3,(H,22,24)(H,23,25). The Hall–Kier alpha value is -2.93. The van der Waals surface area contributed by atoms with Crippen LogP contribution >= 0.6 is 11.6 Å². The van der Waals surface area contributed by atoms with Gasteiger partial charge in [-0.05, 0) is 24.3 Å². The molecule has 0 radical (unpaired) electrons. The van der Waals surface area contributed by atoms with Crippen LogP contribution in [0.25, 0.3) is 0 Å². The minimum absolute atomic E-state index is 0.144. The van der Waals surface area contributed by atoms with E-state index in [1.54, 1.807) is 43.5 Å². The second kappa shape index (κ2) is 9.68. The van der Waals surface area contributed by atoms with Crippen molar-refractivity contribution < 1.29 is 19.1 Å². The lowest BCUT2D eigenvalue weighted by atomic mass is 10.2. The normalized spacial score (nSPS) is 10.1. The highest BCUT2D eigenvalue weighted by atomic mass is 35.5. The van der Waals surface area contributed by atoms with Gasteiger partial charge in [0.05, 0.1) is 24.9 Å². The summed E-state index contributed by atoms with van der Waals surface area (Å²) in [5.74, 6) is 0.792. The Kier molecular flexibility index (Phi) is 7.31. The molecule has 0 atom stereocenters. The van der Waals surface area contributed by atoms with E-state index >= 15 is 0 Å². The Morgan fingerprint density at radius 1 is 0.963 bits per heavy atom. The number of hydrogen-bond acceptors (Lipinski definition) is 5. The molecule has 8 heteroatoms. The van der Waals surface area contributed by atoms with E-state index in [0.717, 1.165) is 0 Å². The SMILES string of the molecule is COc1cc(NCCC(=O)Nc2ccc(NC(C)=O)cc2)c(OC)cc1Cl. The van der Waals surface area contributed by atoms with Crippen LogP contribution in [-0.4, -0.2) is 32.6 Å². The molecule has 0 aliphatic heterocycles. The van der Waals surface area contributed by atoms with Gasteiger partial charge in [-0.2, -0.15) is 0 Å². The van der Waals surface area contributed by atoms with Crippen molar-refractivity contribution in [3.8, 4) is 11.5 Å². The monoisotopic (exact) mass is 391 g/mol. The van der Waals surface area contributed by atoms with E-state index in [2.05, 4.69) is 16.0 Å². The van der Waals surface area contributed by atoms with Gasteiger partial charge in [0, 0.05) is 43.4 Å². The maximum Gasteiger partial charge on any atom is 0.226 e. The summed E-state index contributed by atoms with van der Waals surface area (Å²) < 4.78 is 10.5. The van der Waals surface area contributed by atoms with Gasteiger partial charge in [0.15, 0.2) is 0 Å². The number of anilines is 3. The van der Waals surface area contributed by atoms with Gasteiger partial charge in [-0.25, -0.2) is 0 Å². The van der Waals surface area contributed by atoms with Crippen molar-refractivity contribution in [2.24, 2.45) is 0 Å². The number of benzene rings is 2. The van der Waals surface area contributed by atoms with E-state index in [1.165, 1.54) is 14.0 Å². The van der Waals surface area contributed by atoms with Crippen LogP contribution < -0.4 is 25.4 Å². The average molecular weight is 392 g/mol. The third kappa shape index (κ3) is 6.07. The zero-order valence-corrected chi connectivity index (χ0v) is 16.1. The maximum atomic E-state index is 12.1. The first-order valence-corrected chi connectivity index (χ1v) is 8.63. The maximum absolute atomic E-state index is 12.1. The molecule has 144 valence electrons. The largest absolute Gasteiger partial charge is 0.495 e. The molecule has 27 heavy (non-hydrogen) atoms. The Morgan fingerprint density at radius 2 is 1.56 bits per heavy atom. The van der Waals surface area contributed by atoms with Crippen molar-refractivity contribution in [3.05, 3.63) is 41.4 Å². The summed E-state index contributed by atoms with van der Waals surface area (Å²) in [6, 6.07) is 10.3. The number of methoxy groups -OCH3 is 2. The van der Waals surface area contributed by atoms with Gasteiger partial charge < -0.3 is 25.4 Å². The molecule has 0 bridgehead atoms. The zero-order valence-electron chi connectivity index (χ0n) is 15.4. The van der Waals surface area contributed by atoms with E-state index in [0.29, 0.717) is 40.1 Å². The highest BCUT2D eigenvalue weighted by Gasteiger charge is 2.10. The first-order valence-electron chi connectivity index (χ1n) is 8.26. The molecule has 0 unspecified atom stereocenters. The Balaban J connectivity index is 1.88. The number of nitrogens with one attached hydrogen (secondary N) is 3. The van der Waals surface area contributed by atoms with Crippen LogP contribution in [0, 0.1) is 0 Å². The minimum atomic E-state index is -0.146. The summed E-state index contributed by atoms with van der Waals surface area (Å²) in [5.41, 5.74) is 2.01.